The molecule has 0 N–H and O–H groups in total. The summed E-state index contributed by atoms with van der Waals surface area (Å²) in [4.78, 5) is 21.6. The van der Waals surface area contributed by atoms with Gasteiger partial charge in [-0.25, -0.2) is 4.98 Å². The number of hydrogen-bond donors (Lipinski definition) is 0. The minimum atomic E-state index is 0. The number of aromatic nitrogens is 1. The minimum absolute atomic E-state index is 0. The van der Waals surface area contributed by atoms with Gasteiger partial charge in [-0.2, -0.15) is 0 Å². The molecule has 1 amide bonds. The van der Waals surface area contributed by atoms with Crippen LogP contribution in [-0.2, 0) is 4.79 Å². The van der Waals surface area contributed by atoms with Gasteiger partial charge < -0.3 is 4.90 Å². The van der Waals surface area contributed by atoms with Crippen LogP contribution in [0.3, 0.4) is 0 Å². The summed E-state index contributed by atoms with van der Waals surface area (Å²) in [5.41, 5.74) is 0.965. The Kier molecular flexibility index (Phi) is 7.04. The summed E-state index contributed by atoms with van der Waals surface area (Å²) in [6, 6.07) is 6.07. The Bertz CT molecular complexity index is 702. The van der Waals surface area contributed by atoms with Gasteiger partial charge in [-0.15, -0.1) is 12.4 Å². The Labute approximate surface area is 161 Å². The molecule has 0 atom stereocenters. The van der Waals surface area contributed by atoms with Crippen molar-refractivity contribution in [2.45, 2.75) is 25.7 Å². The van der Waals surface area contributed by atoms with Crippen LogP contribution in [0.5, 0.6) is 0 Å². The topological polar surface area (TPSA) is 36.4 Å². The molecule has 0 bridgehead atoms. The standard InChI is InChI=1S/C17H22BrN3OS.ClH/c1-20(2)9-4-10-21(16(22)12-5-3-6-12)17-19-14-8-7-13(18)11-15(14)23-17;/h7-8,11-12H,3-6,9-10H2,1-2H3;1H. The van der Waals surface area contributed by atoms with Crippen LogP contribution in [0.25, 0.3) is 10.2 Å². The zero-order valence-corrected chi connectivity index (χ0v) is 17.2. The number of nitrogens with zero attached hydrogens (tertiary/aromatic N) is 3. The van der Waals surface area contributed by atoms with E-state index in [9.17, 15) is 4.79 Å². The molecule has 1 aromatic heterocycles. The molecule has 1 fully saturated rings. The number of carbonyl (C=O) groups excluding carboxylic acids is 1. The molecule has 7 heteroatoms. The average Bonchev–Trinajstić information content (AvgIpc) is 2.83. The van der Waals surface area contributed by atoms with Crippen molar-refractivity contribution in [1.82, 2.24) is 9.88 Å². The van der Waals surface area contributed by atoms with Crippen LogP contribution in [0, 0.1) is 5.92 Å². The highest BCUT2D eigenvalue weighted by atomic mass is 79.9. The van der Waals surface area contributed by atoms with E-state index in [1.54, 1.807) is 11.3 Å². The monoisotopic (exact) mass is 431 g/mol. The molecule has 3 rings (SSSR count). The van der Waals surface area contributed by atoms with E-state index in [4.69, 9.17) is 4.98 Å². The number of amides is 1. The van der Waals surface area contributed by atoms with Gasteiger partial charge in [-0.1, -0.05) is 33.7 Å². The van der Waals surface area contributed by atoms with Crippen LogP contribution in [0.2, 0.25) is 0 Å². The molecule has 1 heterocycles. The summed E-state index contributed by atoms with van der Waals surface area (Å²) in [7, 11) is 4.13. The Hall–Kier alpha value is -0.690. The second-order valence-corrected chi connectivity index (χ2v) is 8.31. The third-order valence-electron chi connectivity index (χ3n) is 4.28. The van der Waals surface area contributed by atoms with Gasteiger partial charge in [0.2, 0.25) is 5.91 Å². The van der Waals surface area contributed by atoms with Gasteiger partial charge in [-0.05, 0) is 58.1 Å². The van der Waals surface area contributed by atoms with Gasteiger partial charge in [0.05, 0.1) is 10.2 Å². The van der Waals surface area contributed by atoms with Gasteiger partial charge in [-0.3, -0.25) is 9.69 Å². The van der Waals surface area contributed by atoms with E-state index < -0.39 is 0 Å². The van der Waals surface area contributed by atoms with Crippen LogP contribution in [0.15, 0.2) is 22.7 Å². The summed E-state index contributed by atoms with van der Waals surface area (Å²) >= 11 is 5.11. The smallest absolute Gasteiger partial charge is 0.231 e. The number of halogens is 2. The first kappa shape index (κ1) is 19.6. The molecule has 0 unspecified atom stereocenters. The number of thiazole rings is 1. The number of hydrogen-bond acceptors (Lipinski definition) is 4. The predicted octanol–water partition coefficient (Wildman–Crippen LogP) is 4.57. The molecule has 0 saturated heterocycles. The molecule has 2 aromatic rings. The Morgan fingerprint density at radius 3 is 2.71 bits per heavy atom. The summed E-state index contributed by atoms with van der Waals surface area (Å²) in [5.74, 6) is 0.459. The third kappa shape index (κ3) is 4.48. The maximum absolute atomic E-state index is 12.8. The van der Waals surface area contributed by atoms with Crippen LogP contribution < -0.4 is 4.90 Å². The lowest BCUT2D eigenvalue weighted by atomic mass is 9.84. The molecular formula is C17H23BrClN3OS. The molecule has 1 aliphatic carbocycles. The van der Waals surface area contributed by atoms with Crippen molar-refractivity contribution in [3.8, 4) is 0 Å². The molecule has 132 valence electrons. The minimum Gasteiger partial charge on any atom is -0.309 e. The van der Waals surface area contributed by atoms with Crippen molar-refractivity contribution < 1.29 is 4.79 Å². The van der Waals surface area contributed by atoms with Crippen molar-refractivity contribution in [1.29, 1.82) is 0 Å². The normalized spacial score (nSPS) is 14.5. The molecule has 1 saturated carbocycles. The highest BCUT2D eigenvalue weighted by Crippen LogP contribution is 2.34. The van der Waals surface area contributed by atoms with E-state index in [1.807, 2.05) is 17.0 Å². The van der Waals surface area contributed by atoms with Crippen molar-refractivity contribution in [2.75, 3.05) is 32.1 Å². The summed E-state index contributed by atoms with van der Waals surface area (Å²) < 4.78 is 2.16. The fraction of sp³-hybridized carbons (Fsp3) is 0.529. The second kappa shape index (κ2) is 8.61. The number of benzene rings is 1. The van der Waals surface area contributed by atoms with Crippen LogP contribution >= 0.6 is 39.7 Å². The second-order valence-electron chi connectivity index (χ2n) is 6.38. The molecule has 24 heavy (non-hydrogen) atoms. The van der Waals surface area contributed by atoms with E-state index in [0.717, 1.165) is 52.2 Å². The Morgan fingerprint density at radius 2 is 2.08 bits per heavy atom. The van der Waals surface area contributed by atoms with Gasteiger partial charge in [0.15, 0.2) is 5.13 Å². The van der Waals surface area contributed by atoms with Gasteiger partial charge in [0, 0.05) is 16.9 Å². The number of anilines is 1. The first-order valence-electron chi connectivity index (χ1n) is 8.07. The van der Waals surface area contributed by atoms with E-state index in [-0.39, 0.29) is 24.2 Å². The van der Waals surface area contributed by atoms with E-state index in [2.05, 4.69) is 41.0 Å². The Balaban J connectivity index is 0.00000208. The van der Waals surface area contributed by atoms with Crippen molar-refractivity contribution in [3.05, 3.63) is 22.7 Å². The molecule has 0 spiro atoms. The maximum atomic E-state index is 12.8. The average molecular weight is 433 g/mol. The molecule has 1 aliphatic rings. The van der Waals surface area contributed by atoms with Crippen molar-refractivity contribution in [3.63, 3.8) is 0 Å². The van der Waals surface area contributed by atoms with Crippen molar-refractivity contribution >= 4 is 60.9 Å². The lowest BCUT2D eigenvalue weighted by Gasteiger charge is -2.30. The van der Waals surface area contributed by atoms with Crippen LogP contribution in [0.4, 0.5) is 5.13 Å². The van der Waals surface area contributed by atoms with E-state index in [1.165, 1.54) is 6.42 Å². The quantitative estimate of drug-likeness (QED) is 0.671. The SMILES string of the molecule is CN(C)CCCN(C(=O)C1CCC1)c1nc2ccc(Br)cc2s1.Cl. The summed E-state index contributed by atoms with van der Waals surface area (Å²) in [6.45, 7) is 1.72. The molecule has 0 aliphatic heterocycles. The first-order valence-corrected chi connectivity index (χ1v) is 9.68. The first-order chi connectivity index (χ1) is 11.0. The van der Waals surface area contributed by atoms with E-state index in [0.29, 0.717) is 0 Å². The van der Waals surface area contributed by atoms with Gasteiger partial charge >= 0.3 is 0 Å². The highest BCUT2D eigenvalue weighted by Gasteiger charge is 2.31. The summed E-state index contributed by atoms with van der Waals surface area (Å²) in [6.07, 6.45) is 4.19. The van der Waals surface area contributed by atoms with Gasteiger partial charge in [0.25, 0.3) is 0 Å². The predicted molar refractivity (Wildman–Crippen MR) is 107 cm³/mol. The maximum Gasteiger partial charge on any atom is 0.231 e. The highest BCUT2D eigenvalue weighted by molar-refractivity contribution is 9.10. The number of carbonyl (C=O) groups is 1. The summed E-state index contributed by atoms with van der Waals surface area (Å²) in [5, 5.41) is 0.841. The fourth-order valence-electron chi connectivity index (χ4n) is 2.72. The molecule has 4 nitrogen and oxygen atoms in total. The zero-order valence-electron chi connectivity index (χ0n) is 14.0. The largest absolute Gasteiger partial charge is 0.309 e. The number of rotatable bonds is 6. The van der Waals surface area contributed by atoms with Gasteiger partial charge in [0.1, 0.15) is 0 Å². The lowest BCUT2D eigenvalue weighted by Crippen LogP contribution is -2.40. The molecule has 0 radical (unpaired) electrons. The number of fused-ring (bicyclic) bond motifs is 1. The van der Waals surface area contributed by atoms with E-state index >= 15 is 0 Å². The lowest BCUT2D eigenvalue weighted by molar-refractivity contribution is -0.124. The van der Waals surface area contributed by atoms with Crippen molar-refractivity contribution in [2.24, 2.45) is 5.92 Å². The fourth-order valence-corrected chi connectivity index (χ4v) is 4.27. The van der Waals surface area contributed by atoms with Crippen LogP contribution in [-0.4, -0.2) is 43.0 Å². The Morgan fingerprint density at radius 1 is 1.33 bits per heavy atom. The molecule has 1 aromatic carbocycles. The van der Waals surface area contributed by atoms with Crippen LogP contribution in [0.1, 0.15) is 25.7 Å². The zero-order chi connectivity index (χ0) is 16.4. The molecular weight excluding hydrogens is 410 g/mol. The third-order valence-corrected chi connectivity index (χ3v) is 5.81.